The lowest BCUT2D eigenvalue weighted by atomic mass is 9.95. The molecule has 23 heavy (non-hydrogen) atoms. The lowest BCUT2D eigenvalue weighted by Crippen LogP contribution is -2.34. The quantitative estimate of drug-likeness (QED) is 0.831. The minimum atomic E-state index is -4.83. The zero-order valence-electron chi connectivity index (χ0n) is 12.2. The van der Waals surface area contributed by atoms with Gasteiger partial charge in [0.15, 0.2) is 5.92 Å². The summed E-state index contributed by atoms with van der Waals surface area (Å²) in [5, 5.41) is 8.97. The summed E-state index contributed by atoms with van der Waals surface area (Å²) in [6.07, 6.45) is -6.76. The topological polar surface area (TPSA) is 37.3 Å². The average molecular weight is 340 g/mol. The maximum absolute atomic E-state index is 13.3. The number of aliphatic hydroxyl groups excluding tert-OH is 1. The summed E-state index contributed by atoms with van der Waals surface area (Å²) in [4.78, 5) is 12.5. The first-order valence-corrected chi connectivity index (χ1v) is 7.69. The van der Waals surface area contributed by atoms with Gasteiger partial charge >= 0.3 is 6.18 Å². The number of aryl methyl sites for hydroxylation is 1. The van der Waals surface area contributed by atoms with Gasteiger partial charge in [-0.25, -0.2) is 0 Å². The van der Waals surface area contributed by atoms with E-state index in [1.807, 2.05) is 0 Å². The molecule has 6 heteroatoms. The molecule has 0 aliphatic carbocycles. The number of halogens is 3. The van der Waals surface area contributed by atoms with Crippen molar-refractivity contribution in [2.45, 2.75) is 24.1 Å². The molecule has 0 spiro atoms. The van der Waals surface area contributed by atoms with Gasteiger partial charge in [-0.2, -0.15) is 13.2 Å². The number of carbonyl (C=O) groups excluding carboxylic acids is 1. The van der Waals surface area contributed by atoms with Gasteiger partial charge in [-0.05, 0) is 24.6 Å². The number of hydrogen-bond donors (Lipinski definition) is 1. The summed E-state index contributed by atoms with van der Waals surface area (Å²) in [7, 11) is 0. The van der Waals surface area contributed by atoms with Gasteiger partial charge in [-0.3, -0.25) is 4.79 Å². The standard InChI is InChI=1S/C17H15F3O2S/c1-11-7-9-12(10-8-11)15(21)14(17(18,19)20)16(22)23-13-5-3-2-4-6-13/h2-10,14-15,21H,1H3/t14-,15-/m1/s1. The summed E-state index contributed by atoms with van der Waals surface area (Å²) < 4.78 is 39.9. The minimum Gasteiger partial charge on any atom is -0.387 e. The number of benzene rings is 2. The van der Waals surface area contributed by atoms with Crippen molar-refractivity contribution in [1.82, 2.24) is 0 Å². The molecule has 0 radical (unpaired) electrons. The van der Waals surface area contributed by atoms with E-state index < -0.39 is 23.3 Å². The predicted molar refractivity (Wildman–Crippen MR) is 83.0 cm³/mol. The number of thioether (sulfide) groups is 1. The minimum absolute atomic E-state index is 0.0694. The fourth-order valence-corrected chi connectivity index (χ4v) is 2.98. The van der Waals surface area contributed by atoms with Gasteiger partial charge in [0.1, 0.15) is 0 Å². The van der Waals surface area contributed by atoms with Crippen LogP contribution in [0.15, 0.2) is 59.5 Å². The molecule has 122 valence electrons. The van der Waals surface area contributed by atoms with Crippen molar-refractivity contribution < 1.29 is 23.1 Å². The Balaban J connectivity index is 2.26. The first-order valence-electron chi connectivity index (χ1n) is 6.87. The zero-order valence-corrected chi connectivity index (χ0v) is 13.1. The van der Waals surface area contributed by atoms with E-state index >= 15 is 0 Å². The maximum Gasteiger partial charge on any atom is 0.402 e. The molecule has 2 nitrogen and oxygen atoms in total. The molecule has 2 aromatic carbocycles. The highest BCUT2D eigenvalue weighted by Crippen LogP contribution is 2.40. The van der Waals surface area contributed by atoms with E-state index in [9.17, 15) is 23.1 Å². The second-order valence-electron chi connectivity index (χ2n) is 5.11. The van der Waals surface area contributed by atoms with Crippen molar-refractivity contribution in [3.05, 3.63) is 65.7 Å². The van der Waals surface area contributed by atoms with E-state index in [0.29, 0.717) is 16.7 Å². The molecular formula is C17H15F3O2S. The SMILES string of the molecule is Cc1ccc([C@@H](O)[C@H](C(=O)Sc2ccccc2)C(F)(F)F)cc1. The van der Waals surface area contributed by atoms with Crippen molar-refractivity contribution in [1.29, 1.82) is 0 Å². The summed E-state index contributed by atoms with van der Waals surface area (Å²) in [6, 6.07) is 14.1. The highest BCUT2D eigenvalue weighted by atomic mass is 32.2. The highest BCUT2D eigenvalue weighted by molar-refractivity contribution is 8.13. The van der Waals surface area contributed by atoms with Crippen LogP contribution in [-0.4, -0.2) is 16.4 Å². The van der Waals surface area contributed by atoms with Crippen LogP contribution in [0.1, 0.15) is 17.2 Å². The van der Waals surface area contributed by atoms with Crippen molar-refractivity contribution in [2.75, 3.05) is 0 Å². The summed E-state index contributed by atoms with van der Waals surface area (Å²) in [5.41, 5.74) is 0.925. The van der Waals surface area contributed by atoms with Gasteiger partial charge in [0.05, 0.1) is 6.10 Å². The fourth-order valence-electron chi connectivity index (χ4n) is 2.07. The molecule has 0 aromatic heterocycles. The molecule has 2 atom stereocenters. The number of hydrogen-bond acceptors (Lipinski definition) is 3. The number of alkyl halides is 3. The van der Waals surface area contributed by atoms with Crippen LogP contribution in [0.3, 0.4) is 0 Å². The van der Waals surface area contributed by atoms with Crippen LogP contribution in [-0.2, 0) is 4.79 Å². The van der Waals surface area contributed by atoms with Crippen LogP contribution in [0.2, 0.25) is 0 Å². The van der Waals surface area contributed by atoms with Gasteiger partial charge in [0, 0.05) is 4.90 Å². The largest absolute Gasteiger partial charge is 0.402 e. The number of carbonyl (C=O) groups is 1. The first kappa shape index (κ1) is 17.6. The normalized spacial score (nSPS) is 14.3. The van der Waals surface area contributed by atoms with Crippen LogP contribution < -0.4 is 0 Å². The molecule has 0 heterocycles. The van der Waals surface area contributed by atoms with Crippen molar-refractivity contribution in [2.24, 2.45) is 5.92 Å². The summed E-state index contributed by atoms with van der Waals surface area (Å²) >= 11 is 0.486. The smallest absolute Gasteiger partial charge is 0.387 e. The Labute approximate surface area is 136 Å². The zero-order chi connectivity index (χ0) is 17.0. The average Bonchev–Trinajstić information content (AvgIpc) is 2.47. The Hall–Kier alpha value is -1.79. The fraction of sp³-hybridized carbons (Fsp3) is 0.235. The lowest BCUT2D eigenvalue weighted by molar-refractivity contribution is -0.197. The van der Waals surface area contributed by atoms with Crippen molar-refractivity contribution in [3.63, 3.8) is 0 Å². The van der Waals surface area contributed by atoms with Crippen molar-refractivity contribution >= 4 is 16.9 Å². The molecule has 2 rings (SSSR count). The van der Waals surface area contributed by atoms with Crippen LogP contribution in [0.4, 0.5) is 13.2 Å². The molecule has 0 bridgehead atoms. The van der Waals surface area contributed by atoms with E-state index in [1.54, 1.807) is 49.4 Å². The second-order valence-corrected chi connectivity index (χ2v) is 6.19. The van der Waals surface area contributed by atoms with E-state index in [4.69, 9.17) is 0 Å². The Bertz CT molecular complexity index is 654. The molecule has 0 amide bonds. The Morgan fingerprint density at radius 1 is 1.04 bits per heavy atom. The molecule has 0 fully saturated rings. The summed E-state index contributed by atoms with van der Waals surface area (Å²) in [6.45, 7) is 1.79. The van der Waals surface area contributed by atoms with Gasteiger partial charge in [-0.1, -0.05) is 59.8 Å². The molecule has 2 aromatic rings. The van der Waals surface area contributed by atoms with Crippen molar-refractivity contribution in [3.8, 4) is 0 Å². The highest BCUT2D eigenvalue weighted by Gasteiger charge is 2.49. The second kappa shape index (κ2) is 7.19. The molecule has 1 N–H and O–H groups in total. The Morgan fingerprint density at radius 2 is 1.61 bits per heavy atom. The molecule has 0 saturated carbocycles. The van der Waals surface area contributed by atoms with E-state index in [0.717, 1.165) is 5.56 Å². The Kier molecular flexibility index (Phi) is 5.49. The monoisotopic (exact) mass is 340 g/mol. The van der Waals surface area contributed by atoms with Gasteiger partial charge < -0.3 is 5.11 Å². The summed E-state index contributed by atoms with van der Waals surface area (Å²) in [5.74, 6) is -2.48. The maximum atomic E-state index is 13.3. The molecular weight excluding hydrogens is 325 g/mol. The Morgan fingerprint density at radius 3 is 2.13 bits per heavy atom. The van der Waals surface area contributed by atoms with Crippen LogP contribution in [0.5, 0.6) is 0 Å². The van der Waals surface area contributed by atoms with Gasteiger partial charge in [0.2, 0.25) is 5.12 Å². The van der Waals surface area contributed by atoms with Crippen LogP contribution in [0.25, 0.3) is 0 Å². The third kappa shape index (κ3) is 4.59. The lowest BCUT2D eigenvalue weighted by Gasteiger charge is -2.24. The first-order chi connectivity index (χ1) is 10.8. The third-order valence-electron chi connectivity index (χ3n) is 3.30. The predicted octanol–water partition coefficient (Wildman–Crippen LogP) is 4.53. The van der Waals surface area contributed by atoms with E-state index in [-0.39, 0.29) is 5.56 Å². The van der Waals surface area contributed by atoms with E-state index in [2.05, 4.69) is 0 Å². The van der Waals surface area contributed by atoms with Crippen LogP contribution >= 0.6 is 11.8 Å². The van der Waals surface area contributed by atoms with Gasteiger partial charge in [0.25, 0.3) is 0 Å². The molecule has 0 unspecified atom stereocenters. The van der Waals surface area contributed by atoms with Crippen LogP contribution in [0, 0.1) is 12.8 Å². The molecule has 0 aliphatic rings. The third-order valence-corrected chi connectivity index (χ3v) is 4.27. The molecule has 0 saturated heterocycles. The van der Waals surface area contributed by atoms with E-state index in [1.165, 1.54) is 12.1 Å². The number of rotatable bonds is 4. The molecule has 0 aliphatic heterocycles. The van der Waals surface area contributed by atoms with Gasteiger partial charge in [-0.15, -0.1) is 0 Å². The number of aliphatic hydroxyl groups is 1.